The van der Waals surface area contributed by atoms with Crippen molar-refractivity contribution in [2.24, 2.45) is 0 Å². The minimum atomic E-state index is -1.01. The first-order valence-electron chi connectivity index (χ1n) is 6.92. The molecule has 1 atom stereocenters. The largest absolute Gasteiger partial charge is 0.0836 e. The number of rotatable bonds is 1. The van der Waals surface area contributed by atoms with Crippen LogP contribution in [0.2, 0.25) is 15.1 Å². The second-order valence-corrected chi connectivity index (χ2v) is 8.94. The van der Waals surface area contributed by atoms with Gasteiger partial charge in [-0.15, -0.1) is 0 Å². The molecule has 0 fully saturated rings. The van der Waals surface area contributed by atoms with Gasteiger partial charge in [-0.2, -0.15) is 0 Å². The third-order valence-electron chi connectivity index (χ3n) is 3.94. The molecule has 0 amide bonds. The Bertz CT molecular complexity index is 1050. The standard InChI is InChI=1S/C18H9Cl4P/c19-12-6-2-7-13(20)16(12)10-4-1-5-11-17-14(21)8-3-9-15(17)23(22)18(10)11/h1-9H. The lowest BCUT2D eigenvalue weighted by atomic mass is 10.0. The Morgan fingerprint density at radius 2 is 1.30 bits per heavy atom. The summed E-state index contributed by atoms with van der Waals surface area (Å²) in [6.07, 6.45) is 0. The highest BCUT2D eigenvalue weighted by molar-refractivity contribution is 7.86. The molecule has 4 aromatic rings. The van der Waals surface area contributed by atoms with Gasteiger partial charge in [0.15, 0.2) is 0 Å². The molecular weight excluding hydrogens is 389 g/mol. The van der Waals surface area contributed by atoms with E-state index in [1.165, 1.54) is 0 Å². The van der Waals surface area contributed by atoms with E-state index < -0.39 is 6.89 Å². The van der Waals surface area contributed by atoms with Crippen LogP contribution in [0.15, 0.2) is 54.6 Å². The molecule has 0 nitrogen and oxygen atoms in total. The Labute approximate surface area is 154 Å². The van der Waals surface area contributed by atoms with Crippen molar-refractivity contribution in [1.82, 2.24) is 0 Å². The lowest BCUT2D eigenvalue weighted by Crippen LogP contribution is -1.82. The molecule has 0 aliphatic rings. The third-order valence-corrected chi connectivity index (χ3v) is 7.61. The van der Waals surface area contributed by atoms with Gasteiger partial charge in [-0.1, -0.05) is 76.4 Å². The van der Waals surface area contributed by atoms with Gasteiger partial charge in [0, 0.05) is 36.3 Å². The zero-order valence-corrected chi connectivity index (χ0v) is 15.6. The molecule has 1 heterocycles. The molecule has 0 aliphatic heterocycles. The van der Waals surface area contributed by atoms with Crippen molar-refractivity contribution < 1.29 is 0 Å². The fraction of sp³-hybridized carbons (Fsp3) is 0. The van der Waals surface area contributed by atoms with E-state index in [-0.39, 0.29) is 0 Å². The number of halogens is 4. The summed E-state index contributed by atoms with van der Waals surface area (Å²) in [5.41, 5.74) is 1.80. The summed E-state index contributed by atoms with van der Waals surface area (Å²) in [5.74, 6) is 0. The molecule has 1 unspecified atom stereocenters. The molecule has 1 aromatic heterocycles. The van der Waals surface area contributed by atoms with Gasteiger partial charge in [-0.05, 0) is 42.1 Å². The second-order valence-electron chi connectivity index (χ2n) is 5.21. The normalized spacial score (nSPS) is 12.3. The monoisotopic (exact) mass is 396 g/mol. The molecule has 0 saturated carbocycles. The molecule has 5 heteroatoms. The van der Waals surface area contributed by atoms with Gasteiger partial charge in [0.25, 0.3) is 0 Å². The predicted molar refractivity (Wildman–Crippen MR) is 106 cm³/mol. The summed E-state index contributed by atoms with van der Waals surface area (Å²) in [6, 6.07) is 17.5. The maximum atomic E-state index is 6.82. The Morgan fingerprint density at radius 1 is 0.696 bits per heavy atom. The summed E-state index contributed by atoms with van der Waals surface area (Å²) in [6.45, 7) is -1.01. The van der Waals surface area contributed by atoms with E-state index >= 15 is 0 Å². The van der Waals surface area contributed by atoms with Crippen LogP contribution in [-0.4, -0.2) is 0 Å². The Hall–Kier alpha value is -0.880. The lowest BCUT2D eigenvalue weighted by Gasteiger charge is -2.09. The number of benzene rings is 3. The molecule has 4 rings (SSSR count). The van der Waals surface area contributed by atoms with Crippen LogP contribution in [0.3, 0.4) is 0 Å². The van der Waals surface area contributed by atoms with Gasteiger partial charge in [0.05, 0.1) is 0 Å². The van der Waals surface area contributed by atoms with Crippen LogP contribution < -0.4 is 0 Å². The van der Waals surface area contributed by atoms with Crippen molar-refractivity contribution in [3.63, 3.8) is 0 Å². The second kappa shape index (κ2) is 5.88. The van der Waals surface area contributed by atoms with Crippen LogP contribution in [0.1, 0.15) is 0 Å². The van der Waals surface area contributed by atoms with Gasteiger partial charge in [0.1, 0.15) is 0 Å². The fourth-order valence-electron chi connectivity index (χ4n) is 2.98. The van der Waals surface area contributed by atoms with Gasteiger partial charge in [-0.25, -0.2) is 0 Å². The van der Waals surface area contributed by atoms with E-state index in [4.69, 9.17) is 46.0 Å². The molecule has 0 radical (unpaired) electrons. The van der Waals surface area contributed by atoms with Crippen molar-refractivity contribution in [1.29, 1.82) is 0 Å². The molecule has 0 bridgehead atoms. The van der Waals surface area contributed by atoms with Gasteiger partial charge < -0.3 is 0 Å². The summed E-state index contributed by atoms with van der Waals surface area (Å²) in [7, 11) is 0. The van der Waals surface area contributed by atoms with E-state index in [0.717, 1.165) is 37.2 Å². The highest BCUT2D eigenvalue weighted by Crippen LogP contribution is 2.57. The van der Waals surface area contributed by atoms with Crippen molar-refractivity contribution in [2.75, 3.05) is 0 Å². The van der Waals surface area contributed by atoms with Crippen LogP contribution >= 0.6 is 52.9 Å². The van der Waals surface area contributed by atoms with Crippen LogP contribution in [0.5, 0.6) is 0 Å². The minimum absolute atomic E-state index is 0.619. The molecule has 0 aliphatic carbocycles. The summed E-state index contributed by atoms with van der Waals surface area (Å²) in [4.78, 5) is 0. The molecule has 0 spiro atoms. The maximum absolute atomic E-state index is 6.82. The predicted octanol–water partition coefficient (Wildman–Crippen LogP) is 8.61. The molecule has 114 valence electrons. The first kappa shape index (κ1) is 15.6. The van der Waals surface area contributed by atoms with Gasteiger partial charge in [-0.3, -0.25) is 0 Å². The number of fused-ring (bicyclic) bond motifs is 3. The summed E-state index contributed by atoms with van der Waals surface area (Å²) < 4.78 is 0. The Balaban J connectivity index is 2.23. The van der Waals surface area contributed by atoms with Crippen LogP contribution in [0.4, 0.5) is 0 Å². The van der Waals surface area contributed by atoms with Gasteiger partial charge in [0.2, 0.25) is 0 Å². The van der Waals surface area contributed by atoms with Crippen LogP contribution in [-0.2, 0) is 0 Å². The van der Waals surface area contributed by atoms with Gasteiger partial charge >= 0.3 is 0 Å². The van der Waals surface area contributed by atoms with Crippen molar-refractivity contribution in [2.45, 2.75) is 0 Å². The Kier molecular flexibility index (Phi) is 4.00. The van der Waals surface area contributed by atoms with Crippen LogP contribution in [0.25, 0.3) is 32.1 Å². The zero-order valence-electron chi connectivity index (χ0n) is 11.7. The smallest absolute Gasteiger partial charge is 0.0499 e. The molecular formula is C18H9Cl4P. The van der Waals surface area contributed by atoms with Crippen molar-refractivity contribution in [3.05, 3.63) is 69.7 Å². The zero-order chi connectivity index (χ0) is 16.1. The summed E-state index contributed by atoms with van der Waals surface area (Å²) in [5, 5.41) is 6.20. The van der Waals surface area contributed by atoms with Crippen molar-refractivity contribution >= 4 is 73.9 Å². The van der Waals surface area contributed by atoms with Crippen LogP contribution in [0, 0.1) is 0 Å². The van der Waals surface area contributed by atoms with E-state index in [2.05, 4.69) is 6.07 Å². The van der Waals surface area contributed by atoms with E-state index in [9.17, 15) is 0 Å². The quantitative estimate of drug-likeness (QED) is 0.301. The first-order valence-corrected chi connectivity index (χ1v) is 10.3. The van der Waals surface area contributed by atoms with E-state index in [1.54, 1.807) is 0 Å². The fourth-order valence-corrected chi connectivity index (χ4v) is 6.58. The maximum Gasteiger partial charge on any atom is 0.0499 e. The number of hydrogen-bond donors (Lipinski definition) is 0. The minimum Gasteiger partial charge on any atom is -0.0836 e. The van der Waals surface area contributed by atoms with Crippen molar-refractivity contribution in [3.8, 4) is 11.1 Å². The third kappa shape index (κ3) is 2.37. The highest BCUT2D eigenvalue weighted by atomic mass is 35.7. The first-order chi connectivity index (χ1) is 11.1. The molecule has 0 N–H and O–H groups in total. The topological polar surface area (TPSA) is 0 Å². The average Bonchev–Trinajstić information content (AvgIpc) is 2.82. The number of hydrogen-bond acceptors (Lipinski definition) is 0. The van der Waals surface area contributed by atoms with E-state index in [1.807, 2.05) is 48.5 Å². The summed E-state index contributed by atoms with van der Waals surface area (Å²) >= 11 is 26.1. The average molecular weight is 398 g/mol. The molecule has 23 heavy (non-hydrogen) atoms. The molecule has 3 aromatic carbocycles. The highest BCUT2D eigenvalue weighted by Gasteiger charge is 2.18. The lowest BCUT2D eigenvalue weighted by molar-refractivity contribution is 1.67. The Morgan fingerprint density at radius 3 is 2.04 bits per heavy atom. The van der Waals surface area contributed by atoms with E-state index in [0.29, 0.717) is 10.0 Å². The SMILES string of the molecule is Clc1cccc(Cl)c1-c1cccc2c3c(Cl)cccc3p(Cl)c12. The molecule has 0 saturated heterocycles.